The Morgan fingerprint density at radius 1 is 1.00 bits per heavy atom. The first-order chi connectivity index (χ1) is 10.6. The third-order valence-corrected chi connectivity index (χ3v) is 4.24. The molecule has 2 aromatic carbocycles. The van der Waals surface area contributed by atoms with Gasteiger partial charge in [0.25, 0.3) is 5.56 Å². The molecule has 0 unspecified atom stereocenters. The van der Waals surface area contributed by atoms with Gasteiger partial charge in [-0.05, 0) is 55.0 Å². The van der Waals surface area contributed by atoms with Gasteiger partial charge in [0.05, 0.1) is 5.52 Å². The van der Waals surface area contributed by atoms with Gasteiger partial charge in [-0.1, -0.05) is 30.3 Å². The number of anilines is 1. The van der Waals surface area contributed by atoms with Crippen LogP contribution in [0.4, 0.5) is 5.69 Å². The van der Waals surface area contributed by atoms with Gasteiger partial charge in [-0.25, -0.2) is 0 Å². The zero-order valence-corrected chi connectivity index (χ0v) is 13.2. The average Bonchev–Trinajstić information content (AvgIpc) is 2.50. The Morgan fingerprint density at radius 2 is 1.73 bits per heavy atom. The van der Waals surface area contributed by atoms with Crippen molar-refractivity contribution in [1.82, 2.24) is 4.98 Å². The number of nitrogens with one attached hydrogen (secondary N) is 2. The zero-order chi connectivity index (χ0) is 15.7. The van der Waals surface area contributed by atoms with Crippen LogP contribution in [0.5, 0.6) is 0 Å². The molecular formula is C19H20N2O. The van der Waals surface area contributed by atoms with Gasteiger partial charge in [-0.15, -0.1) is 0 Å². The number of H-pyrrole nitrogens is 1. The Morgan fingerprint density at radius 3 is 2.55 bits per heavy atom. The summed E-state index contributed by atoms with van der Waals surface area (Å²) in [6, 6.07) is 14.2. The highest BCUT2D eigenvalue weighted by Crippen LogP contribution is 2.19. The molecule has 0 atom stereocenters. The number of aromatic nitrogens is 1. The van der Waals surface area contributed by atoms with Crippen molar-refractivity contribution >= 4 is 16.6 Å². The fraction of sp³-hybridized carbons (Fsp3) is 0.211. The summed E-state index contributed by atoms with van der Waals surface area (Å²) in [5.41, 5.74) is 6.26. The van der Waals surface area contributed by atoms with Crippen LogP contribution in [0, 0.1) is 20.8 Å². The van der Waals surface area contributed by atoms with Gasteiger partial charge >= 0.3 is 0 Å². The summed E-state index contributed by atoms with van der Waals surface area (Å²) in [7, 11) is 0. The molecule has 3 heteroatoms. The van der Waals surface area contributed by atoms with Crippen LogP contribution in [-0.4, -0.2) is 4.98 Å². The second kappa shape index (κ2) is 5.68. The number of fused-ring (bicyclic) bond motifs is 1. The van der Waals surface area contributed by atoms with Gasteiger partial charge in [0.1, 0.15) is 0 Å². The lowest BCUT2D eigenvalue weighted by Crippen LogP contribution is -2.16. The van der Waals surface area contributed by atoms with E-state index in [-0.39, 0.29) is 5.56 Å². The van der Waals surface area contributed by atoms with Crippen LogP contribution in [-0.2, 0) is 6.54 Å². The van der Waals surface area contributed by atoms with E-state index in [1.165, 1.54) is 11.1 Å². The van der Waals surface area contributed by atoms with Crippen molar-refractivity contribution in [3.63, 3.8) is 0 Å². The van der Waals surface area contributed by atoms with E-state index >= 15 is 0 Å². The van der Waals surface area contributed by atoms with Crippen molar-refractivity contribution in [2.75, 3.05) is 5.32 Å². The SMILES string of the molecule is Cc1cccc(NCc2cc3cccc(C)c3[nH]c2=O)c1C. The smallest absolute Gasteiger partial charge is 0.253 e. The van der Waals surface area contributed by atoms with Crippen LogP contribution in [0.25, 0.3) is 10.9 Å². The number of rotatable bonds is 3. The maximum atomic E-state index is 12.3. The number of para-hydroxylation sites is 1. The molecule has 1 aromatic heterocycles. The molecule has 2 N–H and O–H groups in total. The lowest BCUT2D eigenvalue weighted by Gasteiger charge is -2.12. The predicted molar refractivity (Wildman–Crippen MR) is 92.5 cm³/mol. The fourth-order valence-electron chi connectivity index (χ4n) is 2.69. The Bertz CT molecular complexity index is 894. The second-order valence-electron chi connectivity index (χ2n) is 5.76. The van der Waals surface area contributed by atoms with Crippen LogP contribution in [0.2, 0.25) is 0 Å². The number of pyridine rings is 1. The molecule has 0 aliphatic heterocycles. The molecule has 0 saturated carbocycles. The van der Waals surface area contributed by atoms with Crippen LogP contribution >= 0.6 is 0 Å². The van der Waals surface area contributed by atoms with Gasteiger partial charge in [0.2, 0.25) is 0 Å². The number of hydrogen-bond acceptors (Lipinski definition) is 2. The highest BCUT2D eigenvalue weighted by atomic mass is 16.1. The predicted octanol–water partition coefficient (Wildman–Crippen LogP) is 4.07. The first-order valence-corrected chi connectivity index (χ1v) is 7.48. The van der Waals surface area contributed by atoms with E-state index in [1.807, 2.05) is 43.3 Å². The lowest BCUT2D eigenvalue weighted by molar-refractivity contribution is 1.08. The monoisotopic (exact) mass is 292 g/mol. The highest BCUT2D eigenvalue weighted by Gasteiger charge is 2.06. The van der Waals surface area contributed by atoms with Crippen LogP contribution in [0.15, 0.2) is 47.3 Å². The van der Waals surface area contributed by atoms with Crippen molar-refractivity contribution in [1.29, 1.82) is 0 Å². The highest BCUT2D eigenvalue weighted by molar-refractivity contribution is 5.82. The lowest BCUT2D eigenvalue weighted by atomic mass is 10.1. The minimum atomic E-state index is -0.0281. The van der Waals surface area contributed by atoms with Crippen molar-refractivity contribution in [3.05, 3.63) is 75.1 Å². The molecule has 3 rings (SSSR count). The van der Waals surface area contributed by atoms with Crippen molar-refractivity contribution in [3.8, 4) is 0 Å². The van der Waals surface area contributed by atoms with E-state index in [4.69, 9.17) is 0 Å². The maximum Gasteiger partial charge on any atom is 0.253 e. The summed E-state index contributed by atoms with van der Waals surface area (Å²) in [5.74, 6) is 0. The topological polar surface area (TPSA) is 44.9 Å². The molecule has 0 spiro atoms. The molecule has 0 radical (unpaired) electrons. The van der Waals surface area contributed by atoms with E-state index in [2.05, 4.69) is 30.2 Å². The summed E-state index contributed by atoms with van der Waals surface area (Å²) in [4.78, 5) is 15.3. The van der Waals surface area contributed by atoms with E-state index in [9.17, 15) is 4.79 Å². The van der Waals surface area contributed by atoms with Crippen molar-refractivity contribution < 1.29 is 0 Å². The number of aromatic amines is 1. The molecule has 0 saturated heterocycles. The van der Waals surface area contributed by atoms with E-state index in [0.29, 0.717) is 6.54 Å². The summed E-state index contributed by atoms with van der Waals surface area (Å²) in [6.45, 7) is 6.70. The molecular weight excluding hydrogens is 272 g/mol. The number of aryl methyl sites for hydroxylation is 2. The third kappa shape index (κ3) is 2.62. The molecule has 0 aliphatic carbocycles. The first-order valence-electron chi connectivity index (χ1n) is 7.48. The van der Waals surface area contributed by atoms with E-state index in [0.717, 1.165) is 27.7 Å². The third-order valence-electron chi connectivity index (χ3n) is 4.24. The molecule has 0 aliphatic rings. The standard InChI is InChI=1S/C19H20N2O/c1-12-6-5-9-17(14(12)3)20-11-16-10-15-8-4-7-13(2)18(15)21-19(16)22/h4-10,20H,11H2,1-3H3,(H,21,22). The van der Waals surface area contributed by atoms with E-state index in [1.54, 1.807) is 0 Å². The van der Waals surface area contributed by atoms with Gasteiger partial charge in [0.15, 0.2) is 0 Å². The Balaban J connectivity index is 1.93. The molecule has 0 amide bonds. The van der Waals surface area contributed by atoms with Gasteiger partial charge in [-0.2, -0.15) is 0 Å². The molecule has 3 aromatic rings. The first kappa shape index (κ1) is 14.4. The second-order valence-corrected chi connectivity index (χ2v) is 5.76. The maximum absolute atomic E-state index is 12.3. The normalized spacial score (nSPS) is 10.9. The van der Waals surface area contributed by atoms with Gasteiger partial charge < -0.3 is 10.3 Å². The molecule has 1 heterocycles. The average molecular weight is 292 g/mol. The molecule has 3 nitrogen and oxygen atoms in total. The molecule has 22 heavy (non-hydrogen) atoms. The van der Waals surface area contributed by atoms with Crippen LogP contribution < -0.4 is 10.9 Å². The van der Waals surface area contributed by atoms with Crippen molar-refractivity contribution in [2.24, 2.45) is 0 Å². The fourth-order valence-corrected chi connectivity index (χ4v) is 2.69. The summed E-state index contributed by atoms with van der Waals surface area (Å²) in [6.07, 6.45) is 0. The minimum Gasteiger partial charge on any atom is -0.381 e. The number of hydrogen-bond donors (Lipinski definition) is 2. The summed E-state index contributed by atoms with van der Waals surface area (Å²) >= 11 is 0. The van der Waals surface area contributed by atoms with Gasteiger partial charge in [0, 0.05) is 17.8 Å². The summed E-state index contributed by atoms with van der Waals surface area (Å²) < 4.78 is 0. The minimum absolute atomic E-state index is 0.0281. The Labute approximate surface area is 130 Å². The van der Waals surface area contributed by atoms with Gasteiger partial charge in [-0.3, -0.25) is 4.79 Å². The molecule has 0 fully saturated rings. The summed E-state index contributed by atoms with van der Waals surface area (Å²) in [5, 5.41) is 4.44. The van der Waals surface area contributed by atoms with Crippen LogP contribution in [0.1, 0.15) is 22.3 Å². The molecule has 0 bridgehead atoms. The van der Waals surface area contributed by atoms with Crippen LogP contribution in [0.3, 0.4) is 0 Å². The quantitative estimate of drug-likeness (QED) is 0.764. The zero-order valence-electron chi connectivity index (χ0n) is 13.2. The Hall–Kier alpha value is -2.55. The Kier molecular flexibility index (Phi) is 3.72. The van der Waals surface area contributed by atoms with Crippen molar-refractivity contribution in [2.45, 2.75) is 27.3 Å². The molecule has 112 valence electrons. The largest absolute Gasteiger partial charge is 0.381 e. The number of benzene rings is 2. The van der Waals surface area contributed by atoms with E-state index < -0.39 is 0 Å².